The summed E-state index contributed by atoms with van der Waals surface area (Å²) in [4.78, 5) is 0. The number of rotatable bonds is 6. The molecule has 0 aromatic heterocycles. The normalized spacial score (nSPS) is 12.2. The van der Waals surface area contributed by atoms with Gasteiger partial charge in [-0.3, -0.25) is 0 Å². The van der Waals surface area contributed by atoms with E-state index in [1.807, 2.05) is 37.3 Å². The summed E-state index contributed by atoms with van der Waals surface area (Å²) in [5.41, 5.74) is 1.77. The SMILES string of the molecule is CCC(Nc1cccc(OC(F)F)c1)c1cccc(Cl)c1. The Morgan fingerprint density at radius 2 is 1.90 bits per heavy atom. The zero-order valence-electron chi connectivity index (χ0n) is 11.5. The molecule has 1 unspecified atom stereocenters. The van der Waals surface area contributed by atoms with Crippen molar-refractivity contribution in [3.8, 4) is 5.75 Å². The molecule has 1 N–H and O–H groups in total. The lowest BCUT2D eigenvalue weighted by atomic mass is 10.0. The fourth-order valence-electron chi connectivity index (χ4n) is 2.11. The zero-order valence-corrected chi connectivity index (χ0v) is 12.3. The molecule has 0 fully saturated rings. The molecular weight excluding hydrogens is 296 g/mol. The highest BCUT2D eigenvalue weighted by Crippen LogP contribution is 2.27. The highest BCUT2D eigenvalue weighted by molar-refractivity contribution is 6.30. The quantitative estimate of drug-likeness (QED) is 0.760. The van der Waals surface area contributed by atoms with Crippen LogP contribution in [0, 0.1) is 0 Å². The summed E-state index contributed by atoms with van der Waals surface area (Å²) in [5, 5.41) is 3.97. The van der Waals surface area contributed by atoms with E-state index in [2.05, 4.69) is 10.1 Å². The van der Waals surface area contributed by atoms with Gasteiger partial charge in [-0.25, -0.2) is 0 Å². The van der Waals surface area contributed by atoms with Crippen LogP contribution >= 0.6 is 11.6 Å². The summed E-state index contributed by atoms with van der Waals surface area (Å²) < 4.78 is 28.9. The molecule has 2 aromatic carbocycles. The standard InChI is InChI=1S/C16H16ClF2NO/c1-2-15(11-5-3-6-12(17)9-11)20-13-7-4-8-14(10-13)21-16(18)19/h3-10,15-16,20H,2H2,1H3. The van der Waals surface area contributed by atoms with Gasteiger partial charge in [-0.2, -0.15) is 8.78 Å². The minimum absolute atomic E-state index is 0.0468. The fourth-order valence-corrected chi connectivity index (χ4v) is 2.31. The van der Waals surface area contributed by atoms with E-state index in [1.165, 1.54) is 6.07 Å². The molecule has 0 bridgehead atoms. The van der Waals surface area contributed by atoms with Gasteiger partial charge in [-0.05, 0) is 36.2 Å². The van der Waals surface area contributed by atoms with Crippen molar-refractivity contribution in [2.75, 3.05) is 5.32 Å². The number of halogens is 3. The van der Waals surface area contributed by atoms with E-state index in [0.29, 0.717) is 5.02 Å². The summed E-state index contributed by atoms with van der Waals surface area (Å²) in [6.07, 6.45) is 0.834. The van der Waals surface area contributed by atoms with Crippen LogP contribution in [-0.4, -0.2) is 6.61 Å². The van der Waals surface area contributed by atoms with Crippen LogP contribution in [0.25, 0.3) is 0 Å². The van der Waals surface area contributed by atoms with Gasteiger partial charge in [0.2, 0.25) is 0 Å². The van der Waals surface area contributed by atoms with Gasteiger partial charge in [0.05, 0.1) is 6.04 Å². The third-order valence-corrected chi connectivity index (χ3v) is 3.29. The Morgan fingerprint density at radius 1 is 1.14 bits per heavy atom. The second-order valence-corrected chi connectivity index (χ2v) is 5.00. The predicted octanol–water partition coefficient (Wildman–Crippen LogP) is 5.50. The molecule has 0 aliphatic carbocycles. The summed E-state index contributed by atoms with van der Waals surface area (Å²) in [7, 11) is 0. The highest BCUT2D eigenvalue weighted by atomic mass is 35.5. The minimum Gasteiger partial charge on any atom is -0.435 e. The largest absolute Gasteiger partial charge is 0.435 e. The Balaban J connectivity index is 2.15. The molecular formula is C16H16ClF2NO. The van der Waals surface area contributed by atoms with Crippen molar-refractivity contribution >= 4 is 17.3 Å². The van der Waals surface area contributed by atoms with Crippen molar-refractivity contribution in [1.29, 1.82) is 0 Å². The van der Waals surface area contributed by atoms with Crippen molar-refractivity contribution < 1.29 is 13.5 Å². The number of hydrogen-bond donors (Lipinski definition) is 1. The molecule has 112 valence electrons. The molecule has 0 heterocycles. The molecule has 0 radical (unpaired) electrons. The lowest BCUT2D eigenvalue weighted by Gasteiger charge is -2.19. The van der Waals surface area contributed by atoms with Gasteiger partial charge in [0.1, 0.15) is 5.75 Å². The molecule has 2 nitrogen and oxygen atoms in total. The van der Waals surface area contributed by atoms with Crippen molar-refractivity contribution in [2.24, 2.45) is 0 Å². The molecule has 0 saturated carbocycles. The Kier molecular flexibility index (Phi) is 5.39. The van der Waals surface area contributed by atoms with E-state index < -0.39 is 6.61 Å². The monoisotopic (exact) mass is 311 g/mol. The van der Waals surface area contributed by atoms with Gasteiger partial charge in [0.15, 0.2) is 0 Å². The van der Waals surface area contributed by atoms with Crippen LogP contribution in [0.3, 0.4) is 0 Å². The van der Waals surface area contributed by atoms with Crippen LogP contribution < -0.4 is 10.1 Å². The molecule has 1 atom stereocenters. The van der Waals surface area contributed by atoms with E-state index in [9.17, 15) is 8.78 Å². The van der Waals surface area contributed by atoms with Gasteiger partial charge in [-0.15, -0.1) is 0 Å². The van der Waals surface area contributed by atoms with Crippen molar-refractivity contribution in [2.45, 2.75) is 26.0 Å². The smallest absolute Gasteiger partial charge is 0.387 e. The van der Waals surface area contributed by atoms with Crippen LogP contribution in [0.4, 0.5) is 14.5 Å². The molecule has 0 amide bonds. The minimum atomic E-state index is -2.82. The maximum atomic E-state index is 12.2. The molecule has 0 aliphatic heterocycles. The third kappa shape index (κ3) is 4.60. The molecule has 5 heteroatoms. The summed E-state index contributed by atoms with van der Waals surface area (Å²) in [5.74, 6) is 0.135. The zero-order chi connectivity index (χ0) is 15.2. The second-order valence-electron chi connectivity index (χ2n) is 4.57. The Hall–Kier alpha value is -1.81. The first-order valence-electron chi connectivity index (χ1n) is 6.65. The lowest BCUT2D eigenvalue weighted by Crippen LogP contribution is -2.10. The third-order valence-electron chi connectivity index (χ3n) is 3.06. The maximum Gasteiger partial charge on any atom is 0.387 e. The first-order chi connectivity index (χ1) is 10.1. The van der Waals surface area contributed by atoms with E-state index in [4.69, 9.17) is 11.6 Å². The molecule has 21 heavy (non-hydrogen) atoms. The number of ether oxygens (including phenoxy) is 1. The van der Waals surface area contributed by atoms with Crippen LogP contribution in [0.2, 0.25) is 5.02 Å². The van der Waals surface area contributed by atoms with Gasteiger partial charge < -0.3 is 10.1 Å². The average molecular weight is 312 g/mol. The second kappa shape index (κ2) is 7.27. The maximum absolute atomic E-state index is 12.2. The van der Waals surface area contributed by atoms with E-state index >= 15 is 0 Å². The van der Waals surface area contributed by atoms with Crippen molar-refractivity contribution in [3.05, 3.63) is 59.1 Å². The molecule has 2 aromatic rings. The number of nitrogens with one attached hydrogen (secondary N) is 1. The van der Waals surface area contributed by atoms with Gasteiger partial charge in [0.25, 0.3) is 0 Å². The van der Waals surface area contributed by atoms with E-state index in [0.717, 1.165) is 17.7 Å². The van der Waals surface area contributed by atoms with E-state index in [1.54, 1.807) is 12.1 Å². The predicted molar refractivity (Wildman–Crippen MR) is 81.2 cm³/mol. The van der Waals surface area contributed by atoms with Crippen LogP contribution in [0.15, 0.2) is 48.5 Å². The Labute approximate surface area is 127 Å². The summed E-state index contributed by atoms with van der Waals surface area (Å²) >= 11 is 6.00. The van der Waals surface area contributed by atoms with Gasteiger partial charge >= 0.3 is 6.61 Å². The summed E-state index contributed by atoms with van der Waals surface area (Å²) in [6.45, 7) is -0.784. The Bertz CT molecular complexity index is 592. The average Bonchev–Trinajstić information content (AvgIpc) is 2.44. The number of benzene rings is 2. The van der Waals surface area contributed by atoms with Crippen LogP contribution in [0.5, 0.6) is 5.75 Å². The number of anilines is 1. The summed E-state index contributed by atoms with van der Waals surface area (Å²) in [6, 6.07) is 14.2. The molecule has 0 aliphatic rings. The number of alkyl halides is 2. The first kappa shape index (κ1) is 15.6. The molecule has 0 saturated heterocycles. The highest BCUT2D eigenvalue weighted by Gasteiger charge is 2.11. The van der Waals surface area contributed by atoms with Gasteiger partial charge in [0, 0.05) is 16.8 Å². The topological polar surface area (TPSA) is 21.3 Å². The van der Waals surface area contributed by atoms with Gasteiger partial charge in [-0.1, -0.05) is 36.7 Å². The molecule has 0 spiro atoms. The lowest BCUT2D eigenvalue weighted by molar-refractivity contribution is -0.0498. The molecule has 2 rings (SSSR count). The van der Waals surface area contributed by atoms with Crippen molar-refractivity contribution in [1.82, 2.24) is 0 Å². The fraction of sp³-hybridized carbons (Fsp3) is 0.250. The number of hydrogen-bond acceptors (Lipinski definition) is 2. The van der Waals surface area contributed by atoms with Crippen molar-refractivity contribution in [3.63, 3.8) is 0 Å². The van der Waals surface area contributed by atoms with Crippen LogP contribution in [0.1, 0.15) is 24.9 Å². The van der Waals surface area contributed by atoms with E-state index in [-0.39, 0.29) is 11.8 Å². The van der Waals surface area contributed by atoms with Crippen LogP contribution in [-0.2, 0) is 0 Å². The first-order valence-corrected chi connectivity index (χ1v) is 7.03. The Morgan fingerprint density at radius 3 is 2.57 bits per heavy atom.